The number of ether oxygens (including phenoxy) is 3. The van der Waals surface area contributed by atoms with Gasteiger partial charge in [-0.25, -0.2) is 0 Å². The van der Waals surface area contributed by atoms with Crippen molar-refractivity contribution in [2.24, 2.45) is 11.8 Å². The highest BCUT2D eigenvalue weighted by Gasteiger charge is 1.95. The van der Waals surface area contributed by atoms with Crippen LogP contribution in [0.25, 0.3) is 0 Å². The van der Waals surface area contributed by atoms with Gasteiger partial charge in [0.05, 0.1) is 26.4 Å². The fraction of sp³-hybridized carbons (Fsp3) is 1.00. The smallest absolute Gasteiger partial charge is 0.0701 e. The number of unbranched alkanes of at least 4 members (excludes halogenated alkanes) is 1. The molecule has 0 amide bonds. The van der Waals surface area contributed by atoms with Gasteiger partial charge in [-0.05, 0) is 84.1 Å². The average molecular weight is 433 g/mol. The van der Waals surface area contributed by atoms with Gasteiger partial charge >= 0.3 is 0 Å². The van der Waals surface area contributed by atoms with E-state index in [4.69, 9.17) is 14.2 Å². The summed E-state index contributed by atoms with van der Waals surface area (Å²) in [5, 5.41) is 3.47. The van der Waals surface area contributed by atoms with Gasteiger partial charge in [0.25, 0.3) is 0 Å². The van der Waals surface area contributed by atoms with Gasteiger partial charge in [-0.1, -0.05) is 41.0 Å². The molecule has 0 atom stereocenters. The van der Waals surface area contributed by atoms with Crippen molar-refractivity contribution in [2.45, 2.75) is 79.6 Å². The second-order valence-corrected chi connectivity index (χ2v) is 9.17. The predicted octanol–water partition coefficient (Wildman–Crippen LogP) is 5.24. The van der Waals surface area contributed by atoms with Crippen LogP contribution in [0.1, 0.15) is 79.6 Å². The number of hydrogen-bond acceptors (Lipinski definition) is 5. The predicted molar refractivity (Wildman–Crippen MR) is 132 cm³/mol. The lowest BCUT2D eigenvalue weighted by molar-refractivity contribution is 0.0131. The van der Waals surface area contributed by atoms with Crippen LogP contribution in [0.5, 0.6) is 0 Å². The van der Waals surface area contributed by atoms with Gasteiger partial charge in [-0.15, -0.1) is 0 Å². The summed E-state index contributed by atoms with van der Waals surface area (Å²) in [5.41, 5.74) is 0. The zero-order valence-corrected chi connectivity index (χ0v) is 21.6. The van der Waals surface area contributed by atoms with E-state index in [0.717, 1.165) is 44.4 Å². The summed E-state index contributed by atoms with van der Waals surface area (Å²) in [6, 6.07) is 0. The summed E-state index contributed by atoms with van der Waals surface area (Å²) in [4.78, 5) is 2.23. The van der Waals surface area contributed by atoms with E-state index in [2.05, 4.69) is 58.9 Å². The zero-order chi connectivity index (χ0) is 22.9. The Bertz CT molecular complexity index is 288. The van der Waals surface area contributed by atoms with E-state index < -0.39 is 0 Å². The van der Waals surface area contributed by atoms with Crippen LogP contribution in [0.2, 0.25) is 0 Å². The molecule has 0 unspecified atom stereocenters. The normalized spacial score (nSPS) is 11.4. The highest BCUT2D eigenvalue weighted by atomic mass is 16.5. The van der Waals surface area contributed by atoms with Crippen molar-refractivity contribution in [1.29, 1.82) is 0 Å². The molecule has 0 aromatic carbocycles. The Balaban J connectivity index is 0. The maximum absolute atomic E-state index is 5.46. The van der Waals surface area contributed by atoms with Crippen LogP contribution in [0.15, 0.2) is 0 Å². The summed E-state index contributed by atoms with van der Waals surface area (Å²) in [6.07, 6.45) is 8.64. The first kappa shape index (κ1) is 32.0. The molecule has 0 fully saturated rings. The largest absolute Gasteiger partial charge is 0.379 e. The van der Waals surface area contributed by atoms with Crippen molar-refractivity contribution in [3.05, 3.63) is 0 Å². The van der Waals surface area contributed by atoms with Gasteiger partial charge in [0.15, 0.2) is 0 Å². The molecule has 0 saturated carbocycles. The summed E-state index contributed by atoms with van der Waals surface area (Å²) in [5.74, 6) is 1.62. The number of nitrogens with one attached hydrogen (secondary N) is 1. The number of rotatable bonds is 21. The van der Waals surface area contributed by atoms with Crippen LogP contribution >= 0.6 is 0 Å². The minimum Gasteiger partial charge on any atom is -0.379 e. The van der Waals surface area contributed by atoms with Crippen LogP contribution in [-0.4, -0.2) is 78.3 Å². The molecule has 0 saturated heterocycles. The Morgan fingerprint density at radius 2 is 1.10 bits per heavy atom. The third-order valence-electron chi connectivity index (χ3n) is 4.55. The molecule has 0 heterocycles. The van der Waals surface area contributed by atoms with E-state index in [9.17, 15) is 0 Å². The van der Waals surface area contributed by atoms with Crippen molar-refractivity contribution < 1.29 is 14.2 Å². The molecule has 0 spiro atoms. The molecule has 0 radical (unpaired) electrons. The molecule has 0 bridgehead atoms. The molecule has 0 aliphatic rings. The summed E-state index contributed by atoms with van der Waals surface area (Å²) >= 11 is 0. The fourth-order valence-corrected chi connectivity index (χ4v) is 2.66. The Labute approximate surface area is 189 Å². The van der Waals surface area contributed by atoms with Crippen LogP contribution in [0, 0.1) is 11.8 Å². The van der Waals surface area contributed by atoms with Crippen LogP contribution in [0.3, 0.4) is 0 Å². The third-order valence-corrected chi connectivity index (χ3v) is 4.55. The average Bonchev–Trinajstić information content (AvgIpc) is 2.68. The molecular formula is C25H56N2O3. The summed E-state index contributed by atoms with van der Waals surface area (Å²) < 4.78 is 16.2. The second kappa shape index (κ2) is 26.8. The highest BCUT2D eigenvalue weighted by Crippen LogP contribution is 2.03. The molecule has 30 heavy (non-hydrogen) atoms. The molecule has 0 aliphatic carbocycles. The van der Waals surface area contributed by atoms with Crippen molar-refractivity contribution >= 4 is 0 Å². The molecule has 184 valence electrons. The lowest BCUT2D eigenvalue weighted by atomic mass is 10.1. The Hall–Kier alpha value is -0.200. The van der Waals surface area contributed by atoms with E-state index in [-0.39, 0.29) is 0 Å². The van der Waals surface area contributed by atoms with Gasteiger partial charge in [0.1, 0.15) is 0 Å². The molecular weight excluding hydrogens is 376 g/mol. The van der Waals surface area contributed by atoms with E-state index >= 15 is 0 Å². The van der Waals surface area contributed by atoms with Gasteiger partial charge in [0, 0.05) is 13.2 Å². The quantitative estimate of drug-likeness (QED) is 0.251. The SMILES string of the molecule is CC(C)CCCNCCCN(C)C.CCCCOCCOCCOCCCC(C)C. The Kier molecular flexibility index (Phi) is 28.6. The zero-order valence-electron chi connectivity index (χ0n) is 21.6. The van der Waals surface area contributed by atoms with Crippen molar-refractivity contribution in [3.63, 3.8) is 0 Å². The molecule has 5 nitrogen and oxygen atoms in total. The van der Waals surface area contributed by atoms with Crippen LogP contribution in [0.4, 0.5) is 0 Å². The Morgan fingerprint density at radius 1 is 0.633 bits per heavy atom. The first-order valence-electron chi connectivity index (χ1n) is 12.5. The number of hydrogen-bond donors (Lipinski definition) is 1. The lowest BCUT2D eigenvalue weighted by Crippen LogP contribution is -2.22. The van der Waals surface area contributed by atoms with Gasteiger partial charge in [-0.3, -0.25) is 0 Å². The highest BCUT2D eigenvalue weighted by molar-refractivity contribution is 4.52. The van der Waals surface area contributed by atoms with E-state index in [1.165, 1.54) is 45.2 Å². The van der Waals surface area contributed by atoms with Crippen molar-refractivity contribution in [1.82, 2.24) is 10.2 Å². The maximum Gasteiger partial charge on any atom is 0.0701 e. The Morgan fingerprint density at radius 3 is 1.60 bits per heavy atom. The van der Waals surface area contributed by atoms with Crippen LogP contribution in [-0.2, 0) is 14.2 Å². The summed E-state index contributed by atoms with van der Waals surface area (Å²) in [7, 11) is 4.25. The lowest BCUT2D eigenvalue weighted by Gasteiger charge is -2.10. The topological polar surface area (TPSA) is 43.0 Å². The molecule has 0 aromatic rings. The van der Waals surface area contributed by atoms with Crippen molar-refractivity contribution in [2.75, 3.05) is 73.4 Å². The second-order valence-electron chi connectivity index (χ2n) is 9.17. The first-order valence-corrected chi connectivity index (χ1v) is 12.5. The minimum atomic E-state index is 0.679. The van der Waals surface area contributed by atoms with Gasteiger partial charge in [-0.2, -0.15) is 0 Å². The van der Waals surface area contributed by atoms with Crippen molar-refractivity contribution in [3.8, 4) is 0 Å². The molecule has 5 heteroatoms. The summed E-state index contributed by atoms with van der Waals surface area (Å²) in [6.45, 7) is 19.2. The number of nitrogens with zero attached hydrogens (tertiary/aromatic N) is 1. The third kappa shape index (κ3) is 35.3. The van der Waals surface area contributed by atoms with Gasteiger partial charge in [0.2, 0.25) is 0 Å². The molecule has 0 rings (SSSR count). The minimum absolute atomic E-state index is 0.679. The molecule has 0 aromatic heterocycles. The van der Waals surface area contributed by atoms with E-state index in [1.54, 1.807) is 0 Å². The standard InChI is InChI=1S/C14H30O3.C11H26N2/c1-4-5-8-15-10-12-17-13-11-16-9-6-7-14(2)3;1-11(2)7-5-8-12-9-6-10-13(3)4/h14H,4-13H2,1-3H3;11-12H,5-10H2,1-4H3. The van der Waals surface area contributed by atoms with E-state index in [1.807, 2.05) is 0 Å². The molecule has 0 aliphatic heterocycles. The van der Waals surface area contributed by atoms with E-state index in [0.29, 0.717) is 26.4 Å². The fourth-order valence-electron chi connectivity index (χ4n) is 2.66. The molecule has 1 N–H and O–H groups in total. The van der Waals surface area contributed by atoms with Crippen LogP contribution < -0.4 is 5.32 Å². The van der Waals surface area contributed by atoms with Gasteiger partial charge < -0.3 is 24.4 Å². The maximum atomic E-state index is 5.46. The first-order chi connectivity index (χ1) is 14.4. The monoisotopic (exact) mass is 432 g/mol.